The molecule has 2 amide bonds. The van der Waals surface area contributed by atoms with Crippen LogP contribution in [0.5, 0.6) is 5.75 Å². The molecule has 2 aromatic carbocycles. The molecule has 0 radical (unpaired) electrons. The molecule has 1 aliphatic heterocycles. The van der Waals surface area contributed by atoms with E-state index in [1.165, 1.54) is 0 Å². The van der Waals surface area contributed by atoms with E-state index in [2.05, 4.69) is 0 Å². The number of nitrogens with zero attached hydrogens (tertiary/aromatic N) is 1. The zero-order chi connectivity index (χ0) is 18.8. The molecule has 0 saturated carbocycles. The molecule has 1 aliphatic rings. The van der Waals surface area contributed by atoms with E-state index in [1.54, 1.807) is 42.5 Å². The maximum Gasteiger partial charge on any atom is 0.277 e. The Bertz CT molecular complexity index is 907. The van der Waals surface area contributed by atoms with E-state index in [9.17, 15) is 9.59 Å². The molecule has 4 nitrogen and oxygen atoms in total. The molecule has 3 rings (SSSR count). The number of hydrogen-bond donors (Lipinski definition) is 0. The van der Waals surface area contributed by atoms with Crippen molar-refractivity contribution in [3.05, 3.63) is 63.1 Å². The van der Waals surface area contributed by atoms with Crippen LogP contribution in [0.15, 0.2) is 47.5 Å². The van der Waals surface area contributed by atoms with Gasteiger partial charge in [0.2, 0.25) is 0 Å². The van der Waals surface area contributed by atoms with E-state index in [0.717, 1.165) is 11.3 Å². The zero-order valence-electron chi connectivity index (χ0n) is 13.8. The largest absolute Gasteiger partial charge is 0.494 e. The highest BCUT2D eigenvalue weighted by atomic mass is 35.5. The van der Waals surface area contributed by atoms with Crippen LogP contribution in [0.1, 0.15) is 18.9 Å². The molecule has 26 heavy (non-hydrogen) atoms. The molecule has 0 saturated heterocycles. The predicted octanol–water partition coefficient (Wildman–Crippen LogP) is 5.31. The van der Waals surface area contributed by atoms with Crippen molar-refractivity contribution in [1.82, 2.24) is 0 Å². The second-order valence-corrected chi connectivity index (χ2v) is 6.74. The van der Waals surface area contributed by atoms with E-state index in [0.29, 0.717) is 17.9 Å². The van der Waals surface area contributed by atoms with Gasteiger partial charge in [0.05, 0.1) is 27.9 Å². The molecule has 0 unspecified atom stereocenters. The topological polar surface area (TPSA) is 46.6 Å². The third-order valence-electron chi connectivity index (χ3n) is 3.82. The van der Waals surface area contributed by atoms with Crippen LogP contribution in [0.25, 0.3) is 5.57 Å². The first-order valence-corrected chi connectivity index (χ1v) is 9.05. The van der Waals surface area contributed by atoms with E-state index < -0.39 is 11.8 Å². The maximum absolute atomic E-state index is 12.9. The Morgan fingerprint density at radius 2 is 1.65 bits per heavy atom. The number of carbonyl (C=O) groups is 2. The summed E-state index contributed by atoms with van der Waals surface area (Å²) in [5, 5.41) is 0.199. The van der Waals surface area contributed by atoms with Crippen LogP contribution in [0.2, 0.25) is 10.0 Å². The van der Waals surface area contributed by atoms with E-state index >= 15 is 0 Å². The van der Waals surface area contributed by atoms with Crippen LogP contribution < -0.4 is 9.64 Å². The van der Waals surface area contributed by atoms with E-state index in [-0.39, 0.29) is 26.3 Å². The van der Waals surface area contributed by atoms with Crippen LogP contribution in [-0.4, -0.2) is 18.4 Å². The van der Waals surface area contributed by atoms with Crippen molar-refractivity contribution < 1.29 is 14.3 Å². The molecular weight excluding hydrogens is 397 g/mol. The summed E-state index contributed by atoms with van der Waals surface area (Å²) in [5.74, 6) is -0.507. The normalized spacial score (nSPS) is 14.4. The Morgan fingerprint density at radius 1 is 0.962 bits per heavy atom. The molecule has 0 bridgehead atoms. The highest BCUT2D eigenvalue weighted by Gasteiger charge is 2.40. The highest BCUT2D eigenvalue weighted by Crippen LogP contribution is 2.40. The maximum atomic E-state index is 12.9. The van der Waals surface area contributed by atoms with Crippen molar-refractivity contribution >= 4 is 57.9 Å². The standard InChI is InChI=1S/C19H14Cl3NO3/c1-2-10-26-12-8-6-11(7-9-12)15-17(22)19(25)23(18(15)24)14-5-3-4-13(20)16(14)21/h3-9H,2,10H2,1H3. The van der Waals surface area contributed by atoms with Gasteiger partial charge in [-0.25, -0.2) is 4.90 Å². The lowest BCUT2D eigenvalue weighted by atomic mass is 10.1. The van der Waals surface area contributed by atoms with Crippen LogP contribution in [0, 0.1) is 0 Å². The van der Waals surface area contributed by atoms with E-state index in [1.807, 2.05) is 6.92 Å². The Hall–Kier alpha value is -2.01. The fraction of sp³-hybridized carbons (Fsp3) is 0.158. The summed E-state index contributed by atoms with van der Waals surface area (Å²) in [6.45, 7) is 2.61. The van der Waals surface area contributed by atoms with Crippen molar-refractivity contribution in [2.75, 3.05) is 11.5 Å². The predicted molar refractivity (Wildman–Crippen MR) is 104 cm³/mol. The molecular formula is C19H14Cl3NO3. The number of amides is 2. The van der Waals surface area contributed by atoms with Crippen molar-refractivity contribution in [3.63, 3.8) is 0 Å². The molecule has 2 aromatic rings. The molecule has 0 aromatic heterocycles. The minimum atomic E-state index is -0.637. The van der Waals surface area contributed by atoms with Crippen molar-refractivity contribution in [2.45, 2.75) is 13.3 Å². The van der Waals surface area contributed by atoms with Gasteiger partial charge in [0.25, 0.3) is 11.8 Å². The molecule has 1 heterocycles. The molecule has 0 N–H and O–H groups in total. The van der Waals surface area contributed by atoms with E-state index in [4.69, 9.17) is 39.5 Å². The summed E-state index contributed by atoms with van der Waals surface area (Å²) < 4.78 is 5.52. The van der Waals surface area contributed by atoms with Gasteiger partial charge in [-0.2, -0.15) is 0 Å². The van der Waals surface area contributed by atoms with Crippen molar-refractivity contribution in [2.24, 2.45) is 0 Å². The number of hydrogen-bond acceptors (Lipinski definition) is 3. The van der Waals surface area contributed by atoms with Crippen molar-refractivity contribution in [3.8, 4) is 5.75 Å². The van der Waals surface area contributed by atoms with Crippen molar-refractivity contribution in [1.29, 1.82) is 0 Å². The fourth-order valence-electron chi connectivity index (χ4n) is 2.57. The van der Waals surface area contributed by atoms with Gasteiger partial charge in [0, 0.05) is 0 Å². The summed E-state index contributed by atoms with van der Waals surface area (Å²) in [5.41, 5.74) is 0.845. The lowest BCUT2D eigenvalue weighted by Crippen LogP contribution is -2.31. The summed E-state index contributed by atoms with van der Waals surface area (Å²) >= 11 is 18.3. The zero-order valence-corrected chi connectivity index (χ0v) is 16.0. The molecule has 0 fully saturated rings. The monoisotopic (exact) mass is 409 g/mol. The van der Waals surface area contributed by atoms with Gasteiger partial charge in [-0.3, -0.25) is 9.59 Å². The molecule has 134 valence electrons. The number of ether oxygens (including phenoxy) is 1. The second-order valence-electron chi connectivity index (χ2n) is 5.58. The van der Waals surface area contributed by atoms with Gasteiger partial charge in [-0.1, -0.05) is 59.9 Å². The quantitative estimate of drug-likeness (QED) is 0.628. The lowest BCUT2D eigenvalue weighted by molar-refractivity contribution is -0.119. The SMILES string of the molecule is CCCOc1ccc(C2=C(Cl)C(=O)N(c3cccc(Cl)c3Cl)C2=O)cc1. The minimum absolute atomic E-state index is 0.116. The number of anilines is 1. The van der Waals surface area contributed by atoms with Gasteiger partial charge in [-0.15, -0.1) is 0 Å². The van der Waals surface area contributed by atoms with Gasteiger partial charge in [-0.05, 0) is 36.2 Å². The highest BCUT2D eigenvalue weighted by molar-refractivity contribution is 6.61. The number of imide groups is 1. The van der Waals surface area contributed by atoms with Gasteiger partial charge >= 0.3 is 0 Å². The molecule has 0 aliphatic carbocycles. The Kier molecular flexibility index (Phi) is 5.56. The molecule has 0 spiro atoms. The average Bonchev–Trinajstić information content (AvgIpc) is 2.86. The minimum Gasteiger partial charge on any atom is -0.494 e. The third-order valence-corrected chi connectivity index (χ3v) is 4.97. The average molecular weight is 411 g/mol. The number of carbonyl (C=O) groups excluding carboxylic acids is 2. The van der Waals surface area contributed by atoms with Gasteiger partial charge in [0.1, 0.15) is 10.8 Å². The van der Waals surface area contributed by atoms with Crippen LogP contribution in [0.3, 0.4) is 0 Å². The lowest BCUT2D eigenvalue weighted by Gasteiger charge is -2.17. The Labute approximate surface area is 165 Å². The first kappa shape index (κ1) is 18.8. The number of benzene rings is 2. The number of halogens is 3. The van der Waals surface area contributed by atoms with Gasteiger partial charge < -0.3 is 4.74 Å². The van der Waals surface area contributed by atoms with Crippen LogP contribution >= 0.6 is 34.8 Å². The molecule has 0 atom stereocenters. The first-order valence-electron chi connectivity index (χ1n) is 7.91. The Balaban J connectivity index is 1.95. The smallest absolute Gasteiger partial charge is 0.277 e. The first-order chi connectivity index (χ1) is 12.5. The number of rotatable bonds is 5. The Morgan fingerprint density at radius 3 is 2.31 bits per heavy atom. The van der Waals surface area contributed by atoms with Crippen LogP contribution in [-0.2, 0) is 9.59 Å². The summed E-state index contributed by atoms with van der Waals surface area (Å²) in [4.78, 5) is 26.4. The summed E-state index contributed by atoms with van der Waals surface area (Å²) in [6, 6.07) is 11.6. The van der Waals surface area contributed by atoms with Gasteiger partial charge in [0.15, 0.2) is 0 Å². The third kappa shape index (κ3) is 3.32. The summed E-state index contributed by atoms with van der Waals surface area (Å²) in [7, 11) is 0. The molecule has 7 heteroatoms. The summed E-state index contributed by atoms with van der Waals surface area (Å²) in [6.07, 6.45) is 0.890. The van der Waals surface area contributed by atoms with Crippen LogP contribution in [0.4, 0.5) is 5.69 Å². The second kappa shape index (κ2) is 7.70. The fourth-order valence-corrected chi connectivity index (χ4v) is 3.23.